The lowest BCUT2D eigenvalue weighted by molar-refractivity contribution is 0.00578. The molecule has 2 N–H and O–H groups in total. The molecule has 0 radical (unpaired) electrons. The average Bonchev–Trinajstić information content (AvgIpc) is 3.08. The van der Waals surface area contributed by atoms with Gasteiger partial charge in [-0.3, -0.25) is 4.79 Å². The van der Waals surface area contributed by atoms with Crippen LogP contribution in [0.15, 0.2) is 59.5 Å². The molecule has 206 valence electrons. The van der Waals surface area contributed by atoms with Crippen molar-refractivity contribution in [1.82, 2.24) is 4.72 Å². The summed E-state index contributed by atoms with van der Waals surface area (Å²) in [5.41, 5.74) is -0.647. The number of nitrogens with one attached hydrogen (secondary N) is 2. The lowest BCUT2D eigenvalue weighted by atomic mass is 9.78. The van der Waals surface area contributed by atoms with E-state index < -0.39 is 68.1 Å². The summed E-state index contributed by atoms with van der Waals surface area (Å²) in [7, 11) is -5.11. The lowest BCUT2D eigenvalue weighted by Gasteiger charge is -2.32. The van der Waals surface area contributed by atoms with E-state index in [-0.39, 0.29) is 12.1 Å². The summed E-state index contributed by atoms with van der Waals surface area (Å²) in [6.07, 6.45) is 0. The molecule has 0 atom stereocenters. The number of hydrogen-bond donors (Lipinski definition) is 2. The van der Waals surface area contributed by atoms with Crippen molar-refractivity contribution in [1.29, 1.82) is 0 Å². The van der Waals surface area contributed by atoms with Crippen molar-refractivity contribution in [3.63, 3.8) is 0 Å². The highest BCUT2D eigenvalue weighted by Crippen LogP contribution is 2.36. The number of hydrogen-bond acceptors (Lipinski definition) is 5. The van der Waals surface area contributed by atoms with Gasteiger partial charge in [0.25, 0.3) is 5.91 Å². The summed E-state index contributed by atoms with van der Waals surface area (Å²) >= 11 is 0. The Bertz CT molecular complexity index is 1510. The maximum atomic E-state index is 14.5. The number of carbonyl (C=O) groups excluding carboxylic acids is 1. The van der Waals surface area contributed by atoms with E-state index in [1.807, 2.05) is 27.7 Å². The van der Waals surface area contributed by atoms with Gasteiger partial charge in [0.05, 0.1) is 11.2 Å². The minimum Gasteiger partial charge on any atom is -0.399 e. The number of benzene rings is 3. The predicted octanol–water partition coefficient (Wildman–Crippen LogP) is 4.27. The Morgan fingerprint density at radius 3 is 2.10 bits per heavy atom. The zero-order valence-corrected chi connectivity index (χ0v) is 22.3. The maximum Gasteiger partial charge on any atom is 0.494 e. The molecule has 0 spiro atoms. The molecular weight excluding hydrogens is 539 g/mol. The highest BCUT2D eigenvalue weighted by molar-refractivity contribution is 7.89. The summed E-state index contributed by atoms with van der Waals surface area (Å²) < 4.78 is 94.8. The second kappa shape index (κ2) is 10.4. The molecule has 3 aromatic rings. The molecule has 1 aliphatic heterocycles. The first kappa shape index (κ1) is 28.7. The molecular formula is C26H25BF4N2O5S. The number of amides is 1. The normalized spacial score (nSPS) is 16.4. The number of halogens is 4. The zero-order chi connectivity index (χ0) is 28.8. The highest BCUT2D eigenvalue weighted by atomic mass is 32.2. The van der Waals surface area contributed by atoms with Crippen LogP contribution in [0.4, 0.5) is 23.2 Å². The number of sulfonamides is 1. The molecule has 39 heavy (non-hydrogen) atoms. The first-order valence-electron chi connectivity index (χ1n) is 11.8. The largest absolute Gasteiger partial charge is 0.494 e. The fraction of sp³-hybridized carbons (Fsp3) is 0.269. The Kier molecular flexibility index (Phi) is 7.65. The van der Waals surface area contributed by atoms with E-state index in [0.717, 1.165) is 18.2 Å². The molecule has 1 heterocycles. The average molecular weight is 564 g/mol. The Balaban J connectivity index is 1.49. The van der Waals surface area contributed by atoms with Crippen molar-refractivity contribution in [2.75, 3.05) is 5.32 Å². The summed E-state index contributed by atoms with van der Waals surface area (Å²) in [5.74, 6) is -6.88. The van der Waals surface area contributed by atoms with Gasteiger partial charge >= 0.3 is 7.12 Å². The molecule has 0 aromatic heterocycles. The third-order valence-corrected chi connectivity index (χ3v) is 8.08. The molecule has 1 amide bonds. The van der Waals surface area contributed by atoms with Crippen LogP contribution < -0.4 is 15.5 Å². The van der Waals surface area contributed by atoms with Gasteiger partial charge in [-0.15, -0.1) is 0 Å². The third-order valence-electron chi connectivity index (χ3n) is 6.67. The van der Waals surface area contributed by atoms with Crippen LogP contribution in [0.3, 0.4) is 0 Å². The lowest BCUT2D eigenvalue weighted by Crippen LogP contribution is -2.41. The van der Waals surface area contributed by atoms with Crippen molar-refractivity contribution in [3.05, 3.63) is 89.0 Å². The maximum absolute atomic E-state index is 14.5. The van der Waals surface area contributed by atoms with Crippen LogP contribution in [0.25, 0.3) is 0 Å². The van der Waals surface area contributed by atoms with E-state index in [4.69, 9.17) is 9.31 Å². The van der Waals surface area contributed by atoms with E-state index >= 15 is 0 Å². The van der Waals surface area contributed by atoms with Gasteiger partial charge in [0.2, 0.25) is 10.0 Å². The van der Waals surface area contributed by atoms with Crippen molar-refractivity contribution in [2.45, 2.75) is 50.3 Å². The van der Waals surface area contributed by atoms with Gasteiger partial charge in [-0.2, -0.15) is 0 Å². The number of rotatable bonds is 7. The SMILES string of the molecule is CC1(C)OB(c2cccc(CNS(=O)(=O)c3cc(C(=O)Nc4cc(F)c(F)c(F)c4)ccc3F)c2)OC1(C)C. The van der Waals surface area contributed by atoms with Gasteiger partial charge in [-0.05, 0) is 56.9 Å². The van der Waals surface area contributed by atoms with Gasteiger partial charge in [0.1, 0.15) is 10.7 Å². The van der Waals surface area contributed by atoms with Gasteiger partial charge in [0.15, 0.2) is 17.5 Å². The van der Waals surface area contributed by atoms with Crippen LogP contribution >= 0.6 is 0 Å². The minimum absolute atomic E-state index is 0.209. The smallest absolute Gasteiger partial charge is 0.399 e. The van der Waals surface area contributed by atoms with E-state index in [1.54, 1.807) is 24.3 Å². The molecule has 0 saturated carbocycles. The van der Waals surface area contributed by atoms with Crippen LogP contribution in [0, 0.1) is 23.3 Å². The topological polar surface area (TPSA) is 93.7 Å². The van der Waals surface area contributed by atoms with E-state index in [0.29, 0.717) is 23.2 Å². The summed E-state index contributed by atoms with van der Waals surface area (Å²) in [5, 5.41) is 2.12. The monoisotopic (exact) mass is 564 g/mol. The minimum atomic E-state index is -4.44. The first-order valence-corrected chi connectivity index (χ1v) is 13.3. The van der Waals surface area contributed by atoms with Gasteiger partial charge in [-0.25, -0.2) is 30.7 Å². The summed E-state index contributed by atoms with van der Waals surface area (Å²) in [4.78, 5) is 11.7. The Morgan fingerprint density at radius 1 is 0.872 bits per heavy atom. The van der Waals surface area contributed by atoms with Crippen molar-refractivity contribution in [3.8, 4) is 0 Å². The number of carbonyl (C=O) groups is 1. The second-order valence-electron chi connectivity index (χ2n) is 10.0. The Hall–Kier alpha value is -3.26. The molecule has 1 aliphatic rings. The Labute approximate surface area is 223 Å². The van der Waals surface area contributed by atoms with Gasteiger partial charge in [0, 0.05) is 29.9 Å². The van der Waals surface area contributed by atoms with Crippen LogP contribution in [-0.2, 0) is 25.9 Å². The van der Waals surface area contributed by atoms with Crippen molar-refractivity contribution >= 4 is 34.2 Å². The standard InChI is InChI=1S/C26H25BF4N2O5S/c1-25(2)26(3,4)38-27(37-25)17-7-5-6-15(10-17)14-32-39(35,36)22-11-16(8-9-19(22)28)24(34)33-18-12-20(29)23(31)21(30)13-18/h5-13,32H,14H2,1-4H3,(H,33,34). The molecule has 0 unspecified atom stereocenters. The fourth-order valence-corrected chi connectivity index (χ4v) is 4.89. The Morgan fingerprint density at radius 2 is 1.49 bits per heavy atom. The first-order chi connectivity index (χ1) is 18.1. The van der Waals surface area contributed by atoms with Crippen molar-refractivity contribution in [2.24, 2.45) is 0 Å². The van der Waals surface area contributed by atoms with Gasteiger partial charge < -0.3 is 14.6 Å². The fourth-order valence-electron chi connectivity index (χ4n) is 3.77. The van der Waals surface area contributed by atoms with Crippen LogP contribution in [0.2, 0.25) is 0 Å². The van der Waals surface area contributed by atoms with E-state index in [1.165, 1.54) is 0 Å². The summed E-state index contributed by atoms with van der Waals surface area (Å²) in [6, 6.07) is 10.5. The van der Waals surface area contributed by atoms with Crippen LogP contribution in [-0.4, -0.2) is 32.6 Å². The predicted molar refractivity (Wildman–Crippen MR) is 137 cm³/mol. The molecule has 4 rings (SSSR count). The molecule has 3 aromatic carbocycles. The third kappa shape index (κ3) is 6.01. The molecule has 0 bridgehead atoms. The van der Waals surface area contributed by atoms with Crippen LogP contribution in [0.1, 0.15) is 43.6 Å². The molecule has 13 heteroatoms. The quantitative estimate of drug-likeness (QED) is 0.254. The molecule has 7 nitrogen and oxygen atoms in total. The summed E-state index contributed by atoms with van der Waals surface area (Å²) in [6.45, 7) is 7.42. The van der Waals surface area contributed by atoms with E-state index in [9.17, 15) is 30.8 Å². The molecule has 1 fully saturated rings. The molecule has 0 aliphatic carbocycles. The molecule has 1 saturated heterocycles. The highest BCUT2D eigenvalue weighted by Gasteiger charge is 2.51. The number of anilines is 1. The van der Waals surface area contributed by atoms with Gasteiger partial charge in [-0.1, -0.05) is 24.3 Å². The zero-order valence-electron chi connectivity index (χ0n) is 21.4. The van der Waals surface area contributed by atoms with Crippen LogP contribution in [0.5, 0.6) is 0 Å². The van der Waals surface area contributed by atoms with E-state index in [2.05, 4.69) is 10.0 Å². The van der Waals surface area contributed by atoms with Crippen molar-refractivity contribution < 1.29 is 40.1 Å². The second-order valence-corrected chi connectivity index (χ2v) is 11.7.